The summed E-state index contributed by atoms with van der Waals surface area (Å²) in [5.41, 5.74) is 0.0858. The maximum absolute atomic E-state index is 13.8. The van der Waals surface area contributed by atoms with Gasteiger partial charge in [0.1, 0.15) is 0 Å². The third-order valence-electron chi connectivity index (χ3n) is 6.38. The molecule has 2 heterocycles. The summed E-state index contributed by atoms with van der Waals surface area (Å²) < 4.78 is 46.6. The molecule has 0 atom stereocenters. The van der Waals surface area contributed by atoms with Gasteiger partial charge in [0.15, 0.2) is 5.01 Å². The van der Waals surface area contributed by atoms with Crippen LogP contribution in [0.4, 0.5) is 13.2 Å². The van der Waals surface area contributed by atoms with Crippen molar-refractivity contribution in [1.82, 2.24) is 10.3 Å². The zero-order valence-corrected chi connectivity index (χ0v) is 20.9. The van der Waals surface area contributed by atoms with Crippen molar-refractivity contribution in [2.75, 3.05) is 13.2 Å². The van der Waals surface area contributed by atoms with Crippen LogP contribution in [-0.4, -0.2) is 30.1 Å². The van der Waals surface area contributed by atoms with Gasteiger partial charge in [0, 0.05) is 19.3 Å². The Labute approximate surface area is 210 Å². The van der Waals surface area contributed by atoms with E-state index in [0.29, 0.717) is 53.6 Å². The van der Waals surface area contributed by atoms with Gasteiger partial charge in [-0.2, -0.15) is 13.2 Å². The molecular weight excluding hydrogens is 507 g/mol. The molecule has 2 fully saturated rings. The van der Waals surface area contributed by atoms with E-state index in [1.165, 1.54) is 12.5 Å². The van der Waals surface area contributed by atoms with E-state index < -0.39 is 11.7 Å². The van der Waals surface area contributed by atoms with Crippen molar-refractivity contribution < 1.29 is 22.7 Å². The van der Waals surface area contributed by atoms with Crippen LogP contribution in [0, 0.1) is 5.92 Å². The molecule has 0 bridgehead atoms. The van der Waals surface area contributed by atoms with Gasteiger partial charge >= 0.3 is 6.18 Å². The molecule has 186 valence electrons. The number of hydrogen-bond acceptors (Lipinski definition) is 6. The molecule has 1 aliphatic carbocycles. The van der Waals surface area contributed by atoms with Crippen LogP contribution in [0.5, 0.6) is 0 Å². The number of ether oxygens (including phenoxy) is 1. The average molecular weight is 534 g/mol. The van der Waals surface area contributed by atoms with Crippen LogP contribution in [0.1, 0.15) is 66.0 Å². The van der Waals surface area contributed by atoms with E-state index in [0.717, 1.165) is 55.9 Å². The number of nitrogens with two attached hydrogens (primary N) is 1. The smallest absolute Gasteiger partial charge is 0.381 e. The molecule has 4 rings (SSSR count). The van der Waals surface area contributed by atoms with Gasteiger partial charge < -0.3 is 10.1 Å². The first-order chi connectivity index (χ1) is 16.3. The first-order valence-corrected chi connectivity index (χ1v) is 13.5. The van der Waals surface area contributed by atoms with E-state index in [-0.39, 0.29) is 26.9 Å². The minimum absolute atomic E-state index is 0.00235. The number of carbonyl (C=O) groups is 1. The monoisotopic (exact) mass is 533 g/mol. The normalized spacial score (nSPS) is 18.3. The number of nitrogens with zero attached hydrogens (tertiary/aromatic N) is 1. The molecule has 1 aromatic carbocycles. The minimum Gasteiger partial charge on any atom is -0.381 e. The number of hydrogen-bond donors (Lipinski definition) is 2. The Morgan fingerprint density at radius 3 is 2.56 bits per heavy atom. The SMILES string of the molecule is NSc1c(Cl)cc(-c2sc(C(=O)NC3CCOCC3)nc2CC2CCCCC2)cc1C(F)(F)F. The van der Waals surface area contributed by atoms with Crippen LogP contribution in [0.3, 0.4) is 0 Å². The molecular formula is C23H27ClF3N3O2S2. The number of benzene rings is 1. The number of carbonyl (C=O) groups excluding carboxylic acids is 1. The van der Waals surface area contributed by atoms with Crippen LogP contribution in [0.2, 0.25) is 5.02 Å². The van der Waals surface area contributed by atoms with Gasteiger partial charge in [-0.15, -0.1) is 11.3 Å². The number of halogens is 4. The number of rotatable bonds is 6. The average Bonchev–Trinajstić information content (AvgIpc) is 3.23. The van der Waals surface area contributed by atoms with Crippen molar-refractivity contribution >= 4 is 40.8 Å². The summed E-state index contributed by atoms with van der Waals surface area (Å²) in [7, 11) is 0. The highest BCUT2D eigenvalue weighted by atomic mass is 35.5. The van der Waals surface area contributed by atoms with Gasteiger partial charge in [0.2, 0.25) is 0 Å². The fourth-order valence-corrected chi connectivity index (χ4v) is 6.43. The number of aromatic nitrogens is 1. The fraction of sp³-hybridized carbons (Fsp3) is 0.565. The molecule has 5 nitrogen and oxygen atoms in total. The third kappa shape index (κ3) is 6.07. The predicted octanol–water partition coefficient (Wildman–Crippen LogP) is 6.48. The van der Waals surface area contributed by atoms with Crippen LogP contribution in [0.15, 0.2) is 17.0 Å². The van der Waals surface area contributed by atoms with Gasteiger partial charge in [-0.25, -0.2) is 4.98 Å². The van der Waals surface area contributed by atoms with Gasteiger partial charge in [0.05, 0.1) is 26.1 Å². The summed E-state index contributed by atoms with van der Waals surface area (Å²) >= 11 is 7.82. The molecule has 0 unspecified atom stereocenters. The van der Waals surface area contributed by atoms with E-state index >= 15 is 0 Å². The Hall–Kier alpha value is -1.33. The van der Waals surface area contributed by atoms with Crippen molar-refractivity contribution in [2.24, 2.45) is 11.1 Å². The van der Waals surface area contributed by atoms with Crippen molar-refractivity contribution in [1.29, 1.82) is 0 Å². The van der Waals surface area contributed by atoms with E-state index in [4.69, 9.17) is 21.5 Å². The van der Waals surface area contributed by atoms with Crippen LogP contribution in [0.25, 0.3) is 10.4 Å². The summed E-state index contributed by atoms with van der Waals surface area (Å²) in [4.78, 5) is 17.9. The quantitative estimate of drug-likeness (QED) is 0.415. The second-order valence-electron chi connectivity index (χ2n) is 8.81. The Morgan fingerprint density at radius 1 is 1.21 bits per heavy atom. The molecule has 1 amide bonds. The largest absolute Gasteiger partial charge is 0.417 e. The molecule has 11 heteroatoms. The zero-order chi connectivity index (χ0) is 24.3. The maximum atomic E-state index is 13.8. The van der Waals surface area contributed by atoms with Crippen molar-refractivity contribution in [3.05, 3.63) is 33.4 Å². The van der Waals surface area contributed by atoms with Crippen LogP contribution in [-0.2, 0) is 17.3 Å². The summed E-state index contributed by atoms with van der Waals surface area (Å²) in [6, 6.07) is 2.56. The standard InChI is InChI=1S/C23H27ClF3N3O2S2/c24-17-12-14(11-16(20(17)34-28)23(25,26)27)19-18(10-13-4-2-1-3-5-13)30-22(33-19)21(31)29-15-6-8-32-9-7-15/h11-13,15H,1-10,28H2,(H,29,31). The Kier molecular flexibility index (Phi) is 8.45. The van der Waals surface area contributed by atoms with Crippen molar-refractivity contribution in [3.8, 4) is 10.4 Å². The maximum Gasteiger partial charge on any atom is 0.417 e. The van der Waals surface area contributed by atoms with Gasteiger partial charge in [-0.3, -0.25) is 9.93 Å². The lowest BCUT2D eigenvalue weighted by Crippen LogP contribution is -2.38. The molecule has 0 spiro atoms. The van der Waals surface area contributed by atoms with Gasteiger partial charge in [-0.1, -0.05) is 43.7 Å². The van der Waals surface area contributed by atoms with Crippen LogP contribution >= 0.6 is 34.9 Å². The Bertz CT molecular complexity index is 1020. The molecule has 1 aliphatic heterocycles. The van der Waals surface area contributed by atoms with E-state index in [2.05, 4.69) is 10.3 Å². The predicted molar refractivity (Wildman–Crippen MR) is 129 cm³/mol. The van der Waals surface area contributed by atoms with Gasteiger partial charge in [0.25, 0.3) is 5.91 Å². The van der Waals surface area contributed by atoms with Crippen molar-refractivity contribution in [3.63, 3.8) is 0 Å². The highest BCUT2D eigenvalue weighted by molar-refractivity contribution is 7.97. The number of nitrogens with one attached hydrogen (secondary N) is 1. The molecule has 2 aromatic rings. The lowest BCUT2D eigenvalue weighted by Gasteiger charge is -2.22. The Morgan fingerprint density at radius 2 is 1.91 bits per heavy atom. The molecule has 2 aliphatic rings. The topological polar surface area (TPSA) is 77.2 Å². The van der Waals surface area contributed by atoms with Crippen LogP contribution < -0.4 is 10.5 Å². The molecule has 0 radical (unpaired) electrons. The lowest BCUT2D eigenvalue weighted by molar-refractivity contribution is -0.139. The second-order valence-corrected chi connectivity index (χ2v) is 10.9. The van der Waals surface area contributed by atoms with E-state index in [1.807, 2.05) is 0 Å². The Balaban J connectivity index is 1.71. The molecule has 1 saturated carbocycles. The summed E-state index contributed by atoms with van der Waals surface area (Å²) in [6.45, 7) is 1.18. The third-order valence-corrected chi connectivity index (χ3v) is 8.62. The highest BCUT2D eigenvalue weighted by Crippen LogP contribution is 2.44. The first-order valence-electron chi connectivity index (χ1n) is 11.4. The molecule has 34 heavy (non-hydrogen) atoms. The molecule has 3 N–H and O–H groups in total. The van der Waals surface area contributed by atoms with E-state index in [9.17, 15) is 18.0 Å². The van der Waals surface area contributed by atoms with E-state index in [1.54, 1.807) is 0 Å². The fourth-order valence-electron chi connectivity index (χ4n) is 4.62. The zero-order valence-electron chi connectivity index (χ0n) is 18.5. The number of thiazole rings is 1. The van der Waals surface area contributed by atoms with Gasteiger partial charge in [-0.05, 0) is 54.8 Å². The molecule has 1 saturated heterocycles. The number of amides is 1. The summed E-state index contributed by atoms with van der Waals surface area (Å²) in [5.74, 6) is 0.0988. The second kappa shape index (κ2) is 11.2. The number of alkyl halides is 3. The minimum atomic E-state index is -4.61. The van der Waals surface area contributed by atoms with Crippen molar-refractivity contribution in [2.45, 2.75) is 68.5 Å². The summed E-state index contributed by atoms with van der Waals surface area (Å²) in [5, 5.41) is 8.67. The molecule has 1 aromatic heterocycles. The lowest BCUT2D eigenvalue weighted by atomic mass is 9.85. The first kappa shape index (κ1) is 25.8. The summed E-state index contributed by atoms with van der Waals surface area (Å²) in [6.07, 6.45) is 3.03. The highest BCUT2D eigenvalue weighted by Gasteiger charge is 2.36.